The minimum Gasteiger partial charge on any atom is -0.497 e. The van der Waals surface area contributed by atoms with Crippen LogP contribution in [0.5, 0.6) is 5.75 Å². The first-order chi connectivity index (χ1) is 15.8. The van der Waals surface area contributed by atoms with E-state index >= 15 is 0 Å². The maximum Gasteiger partial charge on any atom is 0.120 e. The fraction of sp³-hybridized carbons (Fsp3) is 0.423. The predicted octanol–water partition coefficient (Wildman–Crippen LogP) is 5.08. The summed E-state index contributed by atoms with van der Waals surface area (Å²) in [4.78, 5) is 8.35. The Hall–Kier alpha value is -2.28. The smallest absolute Gasteiger partial charge is 0.120 e. The normalized spacial score (nSPS) is 16.9. The molecule has 0 amide bonds. The third kappa shape index (κ3) is 5.94. The van der Waals surface area contributed by atoms with Crippen molar-refractivity contribution in [1.29, 1.82) is 0 Å². The number of nitrogens with zero attached hydrogens (tertiary/aromatic N) is 3. The maximum atomic E-state index is 5.39. The minimum atomic E-state index is 0.715. The lowest BCUT2D eigenvalue weighted by Crippen LogP contribution is -2.36. The highest BCUT2D eigenvalue weighted by atomic mass is 32.2. The summed E-state index contributed by atoms with van der Waals surface area (Å²) in [5, 5.41) is 4.56. The maximum absolute atomic E-state index is 5.39. The van der Waals surface area contributed by atoms with E-state index < -0.39 is 0 Å². The van der Waals surface area contributed by atoms with Gasteiger partial charge in [-0.3, -0.25) is 4.98 Å². The standard InChI is InChI=1S/C26H34N4OS/c1-27-15-18-29(26-12-14-28-25-11-4-3-10-24(25)26)17-13-21-7-6-16-30(20-21)32-23-9-5-8-22(19-23)31-2/h3-5,8-12,14,19,21,27H,6-7,13,15-18,20H2,1-2H3. The molecule has 1 unspecified atom stereocenters. The third-order valence-corrected chi connectivity index (χ3v) is 7.22. The van der Waals surface area contributed by atoms with Crippen molar-refractivity contribution in [2.24, 2.45) is 5.92 Å². The van der Waals surface area contributed by atoms with E-state index in [0.717, 1.165) is 44.0 Å². The van der Waals surface area contributed by atoms with Crippen LogP contribution in [0.4, 0.5) is 5.69 Å². The summed E-state index contributed by atoms with van der Waals surface area (Å²) >= 11 is 1.87. The van der Waals surface area contributed by atoms with Gasteiger partial charge >= 0.3 is 0 Å². The number of piperidine rings is 1. The molecular formula is C26H34N4OS. The van der Waals surface area contributed by atoms with Gasteiger partial charge in [-0.25, -0.2) is 4.31 Å². The van der Waals surface area contributed by atoms with Crippen LogP contribution in [0, 0.1) is 5.92 Å². The van der Waals surface area contributed by atoms with Gasteiger partial charge in [0.15, 0.2) is 0 Å². The van der Waals surface area contributed by atoms with Crippen LogP contribution in [-0.2, 0) is 0 Å². The molecule has 1 aromatic heterocycles. The van der Waals surface area contributed by atoms with Gasteiger partial charge in [-0.1, -0.05) is 24.3 Å². The van der Waals surface area contributed by atoms with E-state index in [1.807, 2.05) is 31.3 Å². The molecule has 1 atom stereocenters. The number of pyridine rings is 1. The summed E-state index contributed by atoms with van der Waals surface area (Å²) in [5.74, 6) is 1.64. The highest BCUT2D eigenvalue weighted by Gasteiger charge is 2.22. The van der Waals surface area contributed by atoms with Gasteiger partial charge in [-0.05, 0) is 74.5 Å². The van der Waals surface area contributed by atoms with Crippen molar-refractivity contribution < 1.29 is 4.74 Å². The molecule has 0 saturated carbocycles. The summed E-state index contributed by atoms with van der Waals surface area (Å²) < 4.78 is 7.92. The van der Waals surface area contributed by atoms with Crippen molar-refractivity contribution in [3.63, 3.8) is 0 Å². The quantitative estimate of drug-likeness (QED) is 0.435. The lowest BCUT2D eigenvalue weighted by Gasteiger charge is -2.34. The molecule has 170 valence electrons. The second-order valence-electron chi connectivity index (χ2n) is 8.39. The summed E-state index contributed by atoms with van der Waals surface area (Å²) in [5.41, 5.74) is 2.36. The van der Waals surface area contributed by atoms with E-state index in [1.165, 1.54) is 35.2 Å². The number of aromatic nitrogens is 1. The van der Waals surface area contributed by atoms with Gasteiger partial charge in [0.1, 0.15) is 5.75 Å². The van der Waals surface area contributed by atoms with Crippen LogP contribution in [0.1, 0.15) is 19.3 Å². The molecule has 2 aromatic carbocycles. The SMILES string of the molecule is CNCCN(CCC1CCCN(Sc2cccc(OC)c2)C1)c1ccnc2ccccc12. The molecule has 1 fully saturated rings. The Morgan fingerprint density at radius 3 is 2.94 bits per heavy atom. The number of fused-ring (bicyclic) bond motifs is 1. The molecule has 1 N–H and O–H groups in total. The van der Waals surface area contributed by atoms with Crippen molar-refractivity contribution in [3.05, 3.63) is 60.8 Å². The number of hydrogen-bond donors (Lipinski definition) is 1. The molecule has 3 aromatic rings. The molecule has 1 aliphatic heterocycles. The van der Waals surface area contributed by atoms with Gasteiger partial charge in [0.25, 0.3) is 0 Å². The molecule has 6 heteroatoms. The van der Waals surface area contributed by atoms with Crippen molar-refractivity contribution in [3.8, 4) is 5.75 Å². The molecule has 0 radical (unpaired) electrons. The van der Waals surface area contributed by atoms with Crippen LogP contribution in [0.3, 0.4) is 0 Å². The zero-order chi connectivity index (χ0) is 22.2. The van der Waals surface area contributed by atoms with Crippen LogP contribution >= 0.6 is 11.9 Å². The van der Waals surface area contributed by atoms with Gasteiger partial charge in [0.2, 0.25) is 0 Å². The first-order valence-corrected chi connectivity index (χ1v) is 12.3. The van der Waals surface area contributed by atoms with E-state index in [9.17, 15) is 0 Å². The number of nitrogens with one attached hydrogen (secondary N) is 1. The van der Waals surface area contributed by atoms with Crippen molar-refractivity contribution in [2.45, 2.75) is 24.2 Å². The van der Waals surface area contributed by atoms with Gasteiger partial charge in [0.05, 0.1) is 12.6 Å². The number of likely N-dealkylation sites (N-methyl/N-ethyl adjacent to an activating group) is 1. The Kier molecular flexibility index (Phi) is 8.26. The Morgan fingerprint density at radius 2 is 2.06 bits per heavy atom. The molecule has 5 nitrogen and oxygen atoms in total. The molecular weight excluding hydrogens is 416 g/mol. The van der Waals surface area contributed by atoms with E-state index in [2.05, 4.69) is 68.0 Å². The molecule has 2 heterocycles. The average Bonchev–Trinajstić information content (AvgIpc) is 2.84. The topological polar surface area (TPSA) is 40.6 Å². The molecule has 1 aliphatic rings. The first-order valence-electron chi connectivity index (χ1n) is 11.6. The zero-order valence-corrected chi connectivity index (χ0v) is 20.0. The van der Waals surface area contributed by atoms with Crippen molar-refractivity contribution in [1.82, 2.24) is 14.6 Å². The fourth-order valence-corrected chi connectivity index (χ4v) is 5.56. The highest BCUT2D eigenvalue weighted by molar-refractivity contribution is 7.97. The average molecular weight is 451 g/mol. The van der Waals surface area contributed by atoms with E-state index in [1.54, 1.807) is 7.11 Å². The van der Waals surface area contributed by atoms with Gasteiger partial charge in [-0.15, -0.1) is 0 Å². The molecule has 0 bridgehead atoms. The van der Waals surface area contributed by atoms with Crippen molar-refractivity contribution in [2.75, 3.05) is 51.8 Å². The lowest BCUT2D eigenvalue weighted by molar-refractivity contribution is 0.274. The Bertz CT molecular complexity index is 993. The second-order valence-corrected chi connectivity index (χ2v) is 9.56. The molecule has 4 rings (SSSR count). The summed E-state index contributed by atoms with van der Waals surface area (Å²) in [6, 6.07) is 19.0. The highest BCUT2D eigenvalue weighted by Crippen LogP contribution is 2.32. The zero-order valence-electron chi connectivity index (χ0n) is 19.2. The van der Waals surface area contributed by atoms with Crippen molar-refractivity contribution >= 4 is 28.5 Å². The van der Waals surface area contributed by atoms with Crippen LogP contribution in [0.15, 0.2) is 65.7 Å². The molecule has 0 aliphatic carbocycles. The molecule has 32 heavy (non-hydrogen) atoms. The number of benzene rings is 2. The number of ether oxygens (including phenoxy) is 1. The number of rotatable bonds is 10. The number of hydrogen-bond acceptors (Lipinski definition) is 6. The van der Waals surface area contributed by atoms with Gasteiger partial charge in [-0.2, -0.15) is 0 Å². The summed E-state index contributed by atoms with van der Waals surface area (Å²) in [7, 11) is 3.75. The first kappa shape index (κ1) is 22.9. The number of anilines is 1. The third-order valence-electron chi connectivity index (χ3n) is 6.16. The number of methoxy groups -OCH3 is 1. The molecule has 0 spiro atoms. The van der Waals surface area contributed by atoms with Crippen LogP contribution in [0.25, 0.3) is 10.9 Å². The lowest BCUT2D eigenvalue weighted by atomic mass is 9.96. The van der Waals surface area contributed by atoms with Gasteiger partial charge in [0, 0.05) is 54.9 Å². The monoisotopic (exact) mass is 450 g/mol. The molecule has 1 saturated heterocycles. The Morgan fingerprint density at radius 1 is 1.16 bits per heavy atom. The van der Waals surface area contributed by atoms with Crippen LogP contribution < -0.4 is 15.0 Å². The van der Waals surface area contributed by atoms with E-state index in [0.29, 0.717) is 5.92 Å². The summed E-state index contributed by atoms with van der Waals surface area (Å²) in [6.45, 7) is 5.33. The fourth-order valence-electron chi connectivity index (χ4n) is 4.45. The predicted molar refractivity (Wildman–Crippen MR) is 136 cm³/mol. The summed E-state index contributed by atoms with van der Waals surface area (Å²) in [6.07, 6.45) is 5.72. The van der Waals surface area contributed by atoms with E-state index in [-0.39, 0.29) is 0 Å². The Balaban J connectivity index is 1.40. The second kappa shape index (κ2) is 11.5. The van der Waals surface area contributed by atoms with Crippen LogP contribution in [0.2, 0.25) is 0 Å². The largest absolute Gasteiger partial charge is 0.497 e. The Labute approximate surface area is 196 Å². The number of para-hydroxylation sites is 1. The van der Waals surface area contributed by atoms with E-state index in [4.69, 9.17) is 4.74 Å². The van der Waals surface area contributed by atoms with Crippen LogP contribution in [-0.4, -0.2) is 56.2 Å². The van der Waals surface area contributed by atoms with Gasteiger partial charge < -0.3 is 15.0 Å². The minimum absolute atomic E-state index is 0.715.